The van der Waals surface area contributed by atoms with Gasteiger partial charge >= 0.3 is 0 Å². The zero-order valence-corrected chi connectivity index (χ0v) is 13.3. The van der Waals surface area contributed by atoms with Crippen molar-refractivity contribution in [3.05, 3.63) is 27.7 Å². The molecule has 0 aliphatic carbocycles. The third-order valence-electron chi connectivity index (χ3n) is 2.72. The second-order valence-corrected chi connectivity index (χ2v) is 5.33. The molecule has 0 aliphatic rings. The molecule has 0 bridgehead atoms. The van der Waals surface area contributed by atoms with Crippen molar-refractivity contribution in [3.63, 3.8) is 0 Å². The number of hydrogen-bond donors (Lipinski definition) is 2. The van der Waals surface area contributed by atoms with Gasteiger partial charge in [0.2, 0.25) is 0 Å². The van der Waals surface area contributed by atoms with Crippen LogP contribution in [-0.4, -0.2) is 44.6 Å². The van der Waals surface area contributed by atoms with E-state index in [-0.39, 0.29) is 6.61 Å². The van der Waals surface area contributed by atoms with Crippen molar-refractivity contribution < 1.29 is 14.6 Å². The molecule has 0 saturated carbocycles. The first-order valence-corrected chi connectivity index (χ1v) is 7.11. The molecule has 108 valence electrons. The average Bonchev–Trinajstić information content (AvgIpc) is 2.38. The quantitative estimate of drug-likeness (QED) is 0.716. The normalized spacial score (nSPS) is 12.5. The summed E-state index contributed by atoms with van der Waals surface area (Å²) in [4.78, 5) is 0. The van der Waals surface area contributed by atoms with Crippen molar-refractivity contribution in [2.24, 2.45) is 0 Å². The monoisotopic (exact) mass is 331 g/mol. The molecule has 0 aliphatic heterocycles. The molecule has 1 rings (SSSR count). The van der Waals surface area contributed by atoms with Crippen LogP contribution in [0.25, 0.3) is 0 Å². The van der Waals surface area contributed by atoms with E-state index < -0.39 is 6.10 Å². The lowest BCUT2D eigenvalue weighted by Gasteiger charge is -2.14. The largest absolute Gasteiger partial charge is 0.491 e. The summed E-state index contributed by atoms with van der Waals surface area (Å²) in [5.41, 5.74) is 2.26. The fourth-order valence-corrected chi connectivity index (χ4v) is 1.91. The number of aryl methyl sites for hydroxylation is 2. The Morgan fingerprint density at radius 2 is 1.95 bits per heavy atom. The van der Waals surface area contributed by atoms with Crippen molar-refractivity contribution in [2.75, 3.05) is 33.4 Å². The van der Waals surface area contributed by atoms with Gasteiger partial charge in [-0.25, -0.2) is 0 Å². The number of methoxy groups -OCH3 is 1. The number of benzene rings is 1. The standard InChI is InChI=1S/C14H22BrNO3/c1-10-6-13(7-11(2)14(10)15)19-9-12(17)8-16-4-5-18-3/h6-7,12,16-17H,4-5,8-9H2,1-3H3. The molecule has 0 spiro atoms. The molecule has 1 aromatic carbocycles. The minimum Gasteiger partial charge on any atom is -0.491 e. The predicted molar refractivity (Wildman–Crippen MR) is 79.9 cm³/mol. The van der Waals surface area contributed by atoms with Gasteiger partial charge in [-0.2, -0.15) is 0 Å². The Balaban J connectivity index is 2.36. The molecule has 0 heterocycles. The van der Waals surface area contributed by atoms with E-state index in [9.17, 15) is 5.11 Å². The number of rotatable bonds is 8. The molecule has 0 fully saturated rings. The highest BCUT2D eigenvalue weighted by molar-refractivity contribution is 9.10. The average molecular weight is 332 g/mol. The second-order valence-electron chi connectivity index (χ2n) is 4.53. The SMILES string of the molecule is COCCNCC(O)COc1cc(C)c(Br)c(C)c1. The zero-order chi connectivity index (χ0) is 14.3. The molecule has 4 nitrogen and oxygen atoms in total. The first kappa shape index (κ1) is 16.4. The van der Waals surface area contributed by atoms with E-state index in [1.165, 1.54) is 0 Å². The third-order valence-corrected chi connectivity index (χ3v) is 3.97. The van der Waals surface area contributed by atoms with Gasteiger partial charge in [0, 0.05) is 24.7 Å². The number of aliphatic hydroxyl groups excluding tert-OH is 1. The lowest BCUT2D eigenvalue weighted by atomic mass is 10.1. The highest BCUT2D eigenvalue weighted by atomic mass is 79.9. The summed E-state index contributed by atoms with van der Waals surface area (Å²) in [6.45, 7) is 6.18. The minimum absolute atomic E-state index is 0.278. The number of ether oxygens (including phenoxy) is 2. The van der Waals surface area contributed by atoms with E-state index in [0.717, 1.165) is 27.9 Å². The maximum atomic E-state index is 9.77. The molecule has 2 N–H and O–H groups in total. The fraction of sp³-hybridized carbons (Fsp3) is 0.571. The van der Waals surface area contributed by atoms with Gasteiger partial charge in [-0.1, -0.05) is 15.9 Å². The molecule has 1 aromatic rings. The zero-order valence-electron chi connectivity index (χ0n) is 11.7. The lowest BCUT2D eigenvalue weighted by Crippen LogP contribution is -2.33. The molecule has 1 unspecified atom stereocenters. The summed E-state index contributed by atoms with van der Waals surface area (Å²) < 4.78 is 11.6. The van der Waals surface area contributed by atoms with Crippen molar-refractivity contribution >= 4 is 15.9 Å². The Labute approximate surface area is 123 Å². The minimum atomic E-state index is -0.527. The molecule has 1 atom stereocenters. The second kappa shape index (κ2) is 8.53. The van der Waals surface area contributed by atoms with Crippen molar-refractivity contribution in [3.8, 4) is 5.75 Å². The molecular weight excluding hydrogens is 310 g/mol. The lowest BCUT2D eigenvalue weighted by molar-refractivity contribution is 0.103. The highest BCUT2D eigenvalue weighted by Crippen LogP contribution is 2.26. The Morgan fingerprint density at radius 1 is 1.32 bits per heavy atom. The van der Waals surface area contributed by atoms with E-state index in [2.05, 4.69) is 21.2 Å². The molecule has 19 heavy (non-hydrogen) atoms. The van der Waals surface area contributed by atoms with Gasteiger partial charge in [-0.3, -0.25) is 0 Å². The van der Waals surface area contributed by atoms with Gasteiger partial charge in [0.1, 0.15) is 18.5 Å². The van der Waals surface area contributed by atoms with E-state index in [0.29, 0.717) is 13.2 Å². The molecule has 0 saturated heterocycles. The number of nitrogens with one attached hydrogen (secondary N) is 1. The van der Waals surface area contributed by atoms with E-state index in [1.807, 2.05) is 26.0 Å². The van der Waals surface area contributed by atoms with Gasteiger partial charge in [0.15, 0.2) is 0 Å². The van der Waals surface area contributed by atoms with Crippen LogP contribution in [0.1, 0.15) is 11.1 Å². The van der Waals surface area contributed by atoms with Crippen LogP contribution in [0.2, 0.25) is 0 Å². The van der Waals surface area contributed by atoms with Crippen molar-refractivity contribution in [1.29, 1.82) is 0 Å². The molecule has 0 amide bonds. The van der Waals surface area contributed by atoms with Crippen molar-refractivity contribution in [2.45, 2.75) is 20.0 Å². The number of halogens is 1. The Kier molecular flexibility index (Phi) is 7.38. The topological polar surface area (TPSA) is 50.7 Å². The van der Waals surface area contributed by atoms with E-state index >= 15 is 0 Å². The summed E-state index contributed by atoms with van der Waals surface area (Å²) in [5, 5.41) is 12.9. The van der Waals surface area contributed by atoms with Gasteiger partial charge in [0.25, 0.3) is 0 Å². The van der Waals surface area contributed by atoms with E-state index in [1.54, 1.807) is 7.11 Å². The van der Waals surface area contributed by atoms with Gasteiger partial charge in [-0.05, 0) is 37.1 Å². The maximum Gasteiger partial charge on any atom is 0.120 e. The first-order valence-electron chi connectivity index (χ1n) is 6.32. The fourth-order valence-electron chi connectivity index (χ4n) is 1.68. The highest BCUT2D eigenvalue weighted by Gasteiger charge is 2.07. The van der Waals surface area contributed by atoms with Crippen molar-refractivity contribution in [1.82, 2.24) is 5.32 Å². The molecule has 0 radical (unpaired) electrons. The number of aliphatic hydroxyl groups is 1. The van der Waals surface area contributed by atoms with Gasteiger partial charge in [0.05, 0.1) is 6.61 Å². The summed E-state index contributed by atoms with van der Waals surface area (Å²) in [7, 11) is 1.65. The maximum absolute atomic E-state index is 9.77. The molecule has 0 aromatic heterocycles. The van der Waals surface area contributed by atoms with Gasteiger partial charge < -0.3 is 19.9 Å². The first-order chi connectivity index (χ1) is 9.04. The number of hydrogen-bond acceptors (Lipinski definition) is 4. The summed E-state index contributed by atoms with van der Waals surface area (Å²) in [6, 6.07) is 3.92. The Hall–Kier alpha value is -0.620. The van der Waals surface area contributed by atoms with Crippen LogP contribution >= 0.6 is 15.9 Å². The predicted octanol–water partition coefficient (Wildman–Crippen LogP) is 2.04. The van der Waals surface area contributed by atoms with Crippen LogP contribution in [-0.2, 0) is 4.74 Å². The summed E-state index contributed by atoms with van der Waals surface area (Å²) >= 11 is 3.52. The Bertz CT molecular complexity index is 375. The van der Waals surface area contributed by atoms with Crippen LogP contribution in [0.5, 0.6) is 5.75 Å². The Morgan fingerprint density at radius 3 is 2.53 bits per heavy atom. The molecular formula is C14H22BrNO3. The van der Waals surface area contributed by atoms with Crippen LogP contribution in [0, 0.1) is 13.8 Å². The molecule has 5 heteroatoms. The van der Waals surface area contributed by atoms with Crippen LogP contribution in [0.4, 0.5) is 0 Å². The van der Waals surface area contributed by atoms with E-state index in [4.69, 9.17) is 9.47 Å². The third kappa shape index (κ3) is 5.91. The van der Waals surface area contributed by atoms with Crippen LogP contribution in [0.3, 0.4) is 0 Å². The van der Waals surface area contributed by atoms with Crippen LogP contribution < -0.4 is 10.1 Å². The summed E-state index contributed by atoms with van der Waals surface area (Å²) in [5.74, 6) is 0.786. The smallest absolute Gasteiger partial charge is 0.120 e. The van der Waals surface area contributed by atoms with Crippen LogP contribution in [0.15, 0.2) is 16.6 Å². The summed E-state index contributed by atoms with van der Waals surface area (Å²) in [6.07, 6.45) is -0.527. The van der Waals surface area contributed by atoms with Gasteiger partial charge in [-0.15, -0.1) is 0 Å².